The van der Waals surface area contributed by atoms with E-state index in [1.165, 1.54) is 11.1 Å². The number of aromatic nitrogens is 2. The fourth-order valence-corrected chi connectivity index (χ4v) is 5.19. The Balaban J connectivity index is 0.00000320. The highest BCUT2D eigenvalue weighted by Gasteiger charge is 2.26. The summed E-state index contributed by atoms with van der Waals surface area (Å²) in [5, 5.41) is 11.5. The van der Waals surface area contributed by atoms with E-state index >= 15 is 0 Å². The van der Waals surface area contributed by atoms with Crippen molar-refractivity contribution in [2.45, 2.75) is 63.9 Å². The van der Waals surface area contributed by atoms with Crippen LogP contribution in [0.3, 0.4) is 0 Å². The van der Waals surface area contributed by atoms with Gasteiger partial charge in [0.2, 0.25) is 0 Å². The molecule has 0 radical (unpaired) electrons. The van der Waals surface area contributed by atoms with Crippen LogP contribution < -0.4 is 10.6 Å². The highest BCUT2D eigenvalue weighted by Crippen LogP contribution is 2.23. The maximum atomic E-state index is 12.2. The number of hydrogen-bond acceptors (Lipinski definition) is 3. The molecule has 30 heavy (non-hydrogen) atoms. The second-order valence-electron chi connectivity index (χ2n) is 7.52. The highest BCUT2D eigenvalue weighted by molar-refractivity contribution is 14.0. The molecular weight excluding hydrogens is 509 g/mol. The number of hydrogen-bond donors (Lipinski definition) is 2. The van der Waals surface area contributed by atoms with Crippen molar-refractivity contribution in [2.75, 3.05) is 12.3 Å². The van der Waals surface area contributed by atoms with E-state index in [1.807, 2.05) is 23.9 Å². The van der Waals surface area contributed by atoms with E-state index in [2.05, 4.69) is 46.9 Å². The zero-order valence-corrected chi connectivity index (χ0v) is 21.1. The van der Waals surface area contributed by atoms with Gasteiger partial charge in [0.15, 0.2) is 5.96 Å². The van der Waals surface area contributed by atoms with Crippen LogP contribution in [0.4, 0.5) is 0 Å². The van der Waals surface area contributed by atoms with Crippen molar-refractivity contribution < 1.29 is 4.21 Å². The van der Waals surface area contributed by atoms with Gasteiger partial charge in [0, 0.05) is 46.8 Å². The first-order chi connectivity index (χ1) is 14.2. The summed E-state index contributed by atoms with van der Waals surface area (Å²) in [4.78, 5) is 4.80. The van der Waals surface area contributed by atoms with Crippen LogP contribution in [0.2, 0.25) is 0 Å². The quantitative estimate of drug-likeness (QED) is 0.303. The van der Waals surface area contributed by atoms with Crippen molar-refractivity contribution >= 4 is 40.7 Å². The zero-order valence-electron chi connectivity index (χ0n) is 17.9. The Hall–Kier alpha value is -1.42. The molecule has 0 aliphatic heterocycles. The van der Waals surface area contributed by atoms with Gasteiger partial charge in [-0.1, -0.05) is 37.6 Å². The van der Waals surface area contributed by atoms with Crippen LogP contribution in [0.1, 0.15) is 50.7 Å². The number of rotatable bonds is 8. The SMILES string of the molecule is CCNC(=NCc1cccc(Cn2cccn2)c1)NC1CCCC(S(=O)CC)C1.I. The Bertz CT molecular complexity index is 812. The van der Waals surface area contributed by atoms with Gasteiger partial charge in [-0.3, -0.25) is 8.89 Å². The van der Waals surface area contributed by atoms with E-state index in [4.69, 9.17) is 4.99 Å². The Kier molecular flexibility index (Phi) is 10.8. The average Bonchev–Trinajstić information content (AvgIpc) is 3.25. The van der Waals surface area contributed by atoms with Crippen LogP contribution in [0, 0.1) is 0 Å². The number of halogens is 1. The van der Waals surface area contributed by atoms with Gasteiger partial charge < -0.3 is 10.6 Å². The molecule has 8 heteroatoms. The topological polar surface area (TPSA) is 71.3 Å². The first-order valence-electron chi connectivity index (χ1n) is 10.6. The van der Waals surface area contributed by atoms with Crippen LogP contribution >= 0.6 is 24.0 Å². The summed E-state index contributed by atoms with van der Waals surface area (Å²) in [5.41, 5.74) is 2.40. The molecular formula is C22H34IN5OS. The fraction of sp³-hybridized carbons (Fsp3) is 0.545. The molecule has 6 nitrogen and oxygen atoms in total. The van der Waals surface area contributed by atoms with E-state index in [-0.39, 0.29) is 24.0 Å². The molecule has 166 valence electrons. The molecule has 1 aromatic heterocycles. The minimum Gasteiger partial charge on any atom is -0.357 e. The molecule has 0 spiro atoms. The lowest BCUT2D eigenvalue weighted by molar-refractivity contribution is 0.413. The number of aliphatic imine (C=N–C) groups is 1. The average molecular weight is 544 g/mol. The summed E-state index contributed by atoms with van der Waals surface area (Å²) in [5.74, 6) is 1.60. The van der Waals surface area contributed by atoms with E-state index < -0.39 is 10.8 Å². The minimum absolute atomic E-state index is 0. The number of benzene rings is 1. The summed E-state index contributed by atoms with van der Waals surface area (Å²) >= 11 is 0. The molecule has 3 atom stereocenters. The van der Waals surface area contributed by atoms with Crippen molar-refractivity contribution in [3.05, 3.63) is 53.9 Å². The zero-order chi connectivity index (χ0) is 20.5. The normalized spacial score (nSPS) is 20.3. The summed E-state index contributed by atoms with van der Waals surface area (Å²) in [6.45, 7) is 6.30. The number of nitrogens with zero attached hydrogens (tertiary/aromatic N) is 3. The van der Waals surface area contributed by atoms with Gasteiger partial charge in [-0.15, -0.1) is 24.0 Å². The summed E-state index contributed by atoms with van der Waals surface area (Å²) in [6.07, 6.45) is 8.05. The predicted octanol–water partition coefficient (Wildman–Crippen LogP) is 3.68. The molecule has 2 N–H and O–H groups in total. The third-order valence-electron chi connectivity index (χ3n) is 5.28. The molecule has 2 aromatic rings. The van der Waals surface area contributed by atoms with Gasteiger partial charge in [-0.05, 0) is 43.4 Å². The second-order valence-corrected chi connectivity index (χ2v) is 9.52. The van der Waals surface area contributed by atoms with Crippen LogP contribution in [-0.4, -0.2) is 43.5 Å². The lowest BCUT2D eigenvalue weighted by atomic mass is 9.95. The van der Waals surface area contributed by atoms with Crippen molar-refractivity contribution in [1.82, 2.24) is 20.4 Å². The molecule has 1 aromatic carbocycles. The minimum atomic E-state index is -0.710. The summed E-state index contributed by atoms with van der Waals surface area (Å²) < 4.78 is 14.1. The number of guanidine groups is 1. The van der Waals surface area contributed by atoms with E-state index in [0.29, 0.717) is 17.8 Å². The molecule has 1 saturated carbocycles. The van der Waals surface area contributed by atoms with Crippen molar-refractivity contribution in [3.63, 3.8) is 0 Å². The predicted molar refractivity (Wildman–Crippen MR) is 136 cm³/mol. The molecule has 0 bridgehead atoms. The van der Waals surface area contributed by atoms with E-state index in [1.54, 1.807) is 6.20 Å². The summed E-state index contributed by atoms with van der Waals surface area (Å²) in [7, 11) is -0.710. The van der Waals surface area contributed by atoms with Gasteiger partial charge in [-0.25, -0.2) is 4.99 Å². The molecule has 1 aliphatic carbocycles. The van der Waals surface area contributed by atoms with Crippen LogP contribution in [0.5, 0.6) is 0 Å². The van der Waals surface area contributed by atoms with Crippen molar-refractivity contribution in [2.24, 2.45) is 4.99 Å². The van der Waals surface area contributed by atoms with Gasteiger partial charge in [0.05, 0.1) is 13.1 Å². The monoisotopic (exact) mass is 543 g/mol. The Labute approximate surface area is 199 Å². The molecule has 1 heterocycles. The lowest BCUT2D eigenvalue weighted by Gasteiger charge is -2.30. The standard InChI is InChI=1S/C22H33N5OS.HI/c1-3-23-22(26-20-10-6-11-21(15-20)29(28)4-2)24-16-18-8-5-9-19(14-18)17-27-13-7-12-25-27;/h5,7-9,12-14,20-21H,3-4,6,10-11,15-17H2,1-2H3,(H2,23,24,26);1H. The number of nitrogens with one attached hydrogen (secondary N) is 2. The maximum absolute atomic E-state index is 12.2. The molecule has 0 amide bonds. The molecule has 3 unspecified atom stereocenters. The fourth-order valence-electron chi connectivity index (χ4n) is 3.84. The van der Waals surface area contributed by atoms with Gasteiger partial charge >= 0.3 is 0 Å². The van der Waals surface area contributed by atoms with E-state index in [9.17, 15) is 4.21 Å². The smallest absolute Gasteiger partial charge is 0.191 e. The highest BCUT2D eigenvalue weighted by atomic mass is 127. The first kappa shape index (κ1) is 24.8. The maximum Gasteiger partial charge on any atom is 0.191 e. The van der Waals surface area contributed by atoms with Gasteiger partial charge in [-0.2, -0.15) is 5.10 Å². The van der Waals surface area contributed by atoms with Crippen molar-refractivity contribution in [1.29, 1.82) is 0 Å². The molecule has 1 fully saturated rings. The lowest BCUT2D eigenvalue weighted by Crippen LogP contribution is -2.46. The molecule has 1 aliphatic rings. The first-order valence-corrected chi connectivity index (χ1v) is 12.0. The Morgan fingerprint density at radius 2 is 2.10 bits per heavy atom. The Morgan fingerprint density at radius 3 is 2.83 bits per heavy atom. The van der Waals surface area contributed by atoms with Crippen LogP contribution in [0.15, 0.2) is 47.7 Å². The molecule has 3 rings (SSSR count). The van der Waals surface area contributed by atoms with Crippen LogP contribution in [0.25, 0.3) is 0 Å². The van der Waals surface area contributed by atoms with Gasteiger partial charge in [0.25, 0.3) is 0 Å². The van der Waals surface area contributed by atoms with Crippen molar-refractivity contribution in [3.8, 4) is 0 Å². The largest absolute Gasteiger partial charge is 0.357 e. The van der Waals surface area contributed by atoms with E-state index in [0.717, 1.165) is 50.5 Å². The Morgan fingerprint density at radius 1 is 1.27 bits per heavy atom. The molecule has 0 saturated heterocycles. The van der Waals surface area contributed by atoms with Crippen LogP contribution in [-0.2, 0) is 23.9 Å². The summed E-state index contributed by atoms with van der Waals surface area (Å²) in [6, 6.07) is 10.8. The second kappa shape index (κ2) is 13.1. The third-order valence-corrected chi connectivity index (χ3v) is 7.02. The third kappa shape index (κ3) is 7.68. The van der Waals surface area contributed by atoms with Gasteiger partial charge in [0.1, 0.15) is 0 Å².